The van der Waals surface area contributed by atoms with Gasteiger partial charge in [-0.25, -0.2) is 9.97 Å². The lowest BCUT2D eigenvalue weighted by molar-refractivity contribution is -0.0710. The zero-order valence-corrected chi connectivity index (χ0v) is 22.7. The van der Waals surface area contributed by atoms with Crippen LogP contribution in [0.4, 0.5) is 5.82 Å². The summed E-state index contributed by atoms with van der Waals surface area (Å²) in [6, 6.07) is 8.48. The average Bonchev–Trinajstić information content (AvgIpc) is 3.21. The van der Waals surface area contributed by atoms with Crippen molar-refractivity contribution in [2.45, 2.75) is 51.8 Å². The van der Waals surface area contributed by atoms with Crippen LogP contribution in [0, 0.1) is 20.8 Å². The van der Waals surface area contributed by atoms with Gasteiger partial charge in [0.1, 0.15) is 30.0 Å². The van der Waals surface area contributed by atoms with E-state index in [0.717, 1.165) is 78.8 Å². The summed E-state index contributed by atoms with van der Waals surface area (Å²) >= 11 is 0. The number of rotatable bonds is 10. The molecular weight excluding hydrogens is 484 g/mol. The van der Waals surface area contributed by atoms with Crippen LogP contribution in [-0.4, -0.2) is 89.8 Å². The summed E-state index contributed by atoms with van der Waals surface area (Å²) in [7, 11) is 1.80. The highest BCUT2D eigenvalue weighted by atomic mass is 16.5. The minimum Gasteiger partial charge on any atom is -0.491 e. The molecule has 2 aliphatic rings. The fourth-order valence-electron chi connectivity index (χ4n) is 5.15. The highest BCUT2D eigenvalue weighted by molar-refractivity contribution is 5.74. The maximum absolute atomic E-state index is 10.0. The van der Waals surface area contributed by atoms with Crippen molar-refractivity contribution in [2.24, 2.45) is 0 Å². The number of aryl methyl sites for hydroxylation is 2. The lowest BCUT2D eigenvalue weighted by Crippen LogP contribution is -2.54. The van der Waals surface area contributed by atoms with Gasteiger partial charge in [0.2, 0.25) is 0 Å². The van der Waals surface area contributed by atoms with E-state index in [1.807, 2.05) is 38.1 Å². The van der Waals surface area contributed by atoms with Crippen molar-refractivity contribution in [2.75, 3.05) is 51.8 Å². The first kappa shape index (κ1) is 26.6. The van der Waals surface area contributed by atoms with Gasteiger partial charge in [-0.2, -0.15) is 0 Å². The third-order valence-corrected chi connectivity index (χ3v) is 7.32. The normalized spacial score (nSPS) is 19.2. The number of aromatic nitrogens is 3. The number of likely N-dealkylation sites (N-methyl/N-ethyl adjacent to an activating group) is 1. The number of aliphatic hydroxyl groups is 1. The zero-order chi connectivity index (χ0) is 26.6. The molecule has 3 aromatic rings. The number of nitrogens with one attached hydrogen (secondary N) is 2. The molecule has 5 rings (SSSR count). The van der Waals surface area contributed by atoms with Crippen LogP contribution in [0.25, 0.3) is 22.6 Å². The molecule has 2 saturated heterocycles. The predicted molar refractivity (Wildman–Crippen MR) is 145 cm³/mol. The quantitative estimate of drug-likeness (QED) is 0.367. The summed E-state index contributed by atoms with van der Waals surface area (Å²) in [5.41, 5.74) is 4.30. The maximum Gasteiger partial charge on any atom is 0.162 e. The van der Waals surface area contributed by atoms with Crippen LogP contribution >= 0.6 is 0 Å². The lowest BCUT2D eigenvalue weighted by Gasteiger charge is -2.42. The predicted octanol–water partition coefficient (Wildman–Crippen LogP) is 2.96. The highest BCUT2D eigenvalue weighted by Crippen LogP contribution is 2.34. The van der Waals surface area contributed by atoms with Gasteiger partial charge in [0.25, 0.3) is 0 Å². The zero-order valence-electron chi connectivity index (χ0n) is 22.7. The number of hydrogen-bond donors (Lipinski definition) is 3. The van der Waals surface area contributed by atoms with Gasteiger partial charge in [-0.1, -0.05) is 17.3 Å². The molecule has 2 aromatic heterocycles. The largest absolute Gasteiger partial charge is 0.491 e. The molecule has 10 nitrogen and oxygen atoms in total. The van der Waals surface area contributed by atoms with Crippen molar-refractivity contribution >= 4 is 5.82 Å². The number of benzene rings is 1. The minimum atomic E-state index is -0.595. The van der Waals surface area contributed by atoms with E-state index in [2.05, 4.69) is 27.6 Å². The van der Waals surface area contributed by atoms with Gasteiger partial charge in [-0.15, -0.1) is 0 Å². The van der Waals surface area contributed by atoms with Crippen molar-refractivity contribution in [3.8, 4) is 28.4 Å². The van der Waals surface area contributed by atoms with E-state index in [-0.39, 0.29) is 12.6 Å². The molecule has 38 heavy (non-hydrogen) atoms. The van der Waals surface area contributed by atoms with Crippen LogP contribution in [0.1, 0.15) is 29.9 Å². The SMILES string of the molecule is CNCC(O)COc1cccc(-c2nc(NC3CCCN(C4COC4)C3)c(C)c(-c3c(C)noc3C)n2)c1. The Morgan fingerprint density at radius 1 is 1.21 bits per heavy atom. The Bertz CT molecular complexity index is 1220. The molecule has 1 aromatic carbocycles. The van der Waals surface area contributed by atoms with E-state index in [9.17, 15) is 5.11 Å². The van der Waals surface area contributed by atoms with Gasteiger partial charge in [0.15, 0.2) is 5.82 Å². The molecule has 0 saturated carbocycles. The summed E-state index contributed by atoms with van der Waals surface area (Å²) in [6.45, 7) is 10.3. The van der Waals surface area contributed by atoms with Crippen LogP contribution in [0.2, 0.25) is 0 Å². The van der Waals surface area contributed by atoms with Crippen LogP contribution in [0.3, 0.4) is 0 Å². The Morgan fingerprint density at radius 3 is 2.76 bits per heavy atom. The Balaban J connectivity index is 1.47. The first-order valence-electron chi connectivity index (χ1n) is 13.4. The van der Waals surface area contributed by atoms with E-state index in [0.29, 0.717) is 24.2 Å². The van der Waals surface area contributed by atoms with E-state index < -0.39 is 6.10 Å². The molecule has 2 atom stereocenters. The number of anilines is 1. The smallest absolute Gasteiger partial charge is 0.162 e. The summed E-state index contributed by atoms with van der Waals surface area (Å²) in [6.07, 6.45) is 1.63. The van der Waals surface area contributed by atoms with Gasteiger partial charge < -0.3 is 29.7 Å². The number of nitrogens with zero attached hydrogens (tertiary/aromatic N) is 4. The summed E-state index contributed by atoms with van der Waals surface area (Å²) in [4.78, 5) is 12.5. The van der Waals surface area contributed by atoms with E-state index >= 15 is 0 Å². The number of hydrogen-bond acceptors (Lipinski definition) is 10. The van der Waals surface area contributed by atoms with E-state index in [1.54, 1.807) is 7.05 Å². The maximum atomic E-state index is 10.0. The van der Waals surface area contributed by atoms with Gasteiger partial charge in [-0.05, 0) is 59.3 Å². The molecule has 0 bridgehead atoms. The molecule has 2 aliphatic heterocycles. The van der Waals surface area contributed by atoms with E-state index in [1.165, 1.54) is 0 Å². The first-order valence-corrected chi connectivity index (χ1v) is 13.4. The number of ether oxygens (including phenoxy) is 2. The van der Waals surface area contributed by atoms with E-state index in [4.69, 9.17) is 24.0 Å². The Hall–Kier alpha value is -3.05. The second-order valence-electron chi connectivity index (χ2n) is 10.3. The minimum absolute atomic E-state index is 0.195. The molecule has 2 fully saturated rings. The van der Waals surface area contributed by atoms with Gasteiger partial charge in [0.05, 0.1) is 36.2 Å². The standard InChI is InChI=1S/C28H38N6O4/c1-17-26(25-18(2)33-38-19(25)3)31-28(20-7-5-9-24(11-20)37-16-23(35)12-29-4)32-27(17)30-21-8-6-10-34(13-21)22-14-36-15-22/h5,7,9,11,21-23,29,35H,6,8,10,12-16H2,1-4H3,(H,30,31,32). The molecule has 0 radical (unpaired) electrons. The first-order chi connectivity index (χ1) is 18.4. The third kappa shape index (κ3) is 5.83. The van der Waals surface area contributed by atoms with Crippen LogP contribution in [0.15, 0.2) is 28.8 Å². The number of likely N-dealkylation sites (tertiary alicyclic amines) is 1. The van der Waals surface area contributed by atoms with Crippen LogP contribution < -0.4 is 15.4 Å². The molecule has 4 heterocycles. The van der Waals surface area contributed by atoms with Crippen molar-refractivity contribution in [1.29, 1.82) is 0 Å². The van der Waals surface area contributed by atoms with Gasteiger partial charge in [-0.3, -0.25) is 4.90 Å². The van der Waals surface area contributed by atoms with Crippen molar-refractivity contribution in [3.63, 3.8) is 0 Å². The van der Waals surface area contributed by atoms with Gasteiger partial charge >= 0.3 is 0 Å². The topological polar surface area (TPSA) is 118 Å². The molecule has 0 spiro atoms. The molecule has 10 heteroatoms. The fourth-order valence-corrected chi connectivity index (χ4v) is 5.15. The van der Waals surface area contributed by atoms with Crippen LogP contribution in [-0.2, 0) is 4.74 Å². The second kappa shape index (κ2) is 11.8. The van der Waals surface area contributed by atoms with Crippen LogP contribution in [0.5, 0.6) is 5.75 Å². The summed E-state index contributed by atoms with van der Waals surface area (Å²) in [5, 5.41) is 20.9. The molecule has 3 N–H and O–H groups in total. The summed E-state index contributed by atoms with van der Waals surface area (Å²) < 4.78 is 16.8. The highest BCUT2D eigenvalue weighted by Gasteiger charge is 2.31. The Kier molecular flexibility index (Phi) is 8.23. The van der Waals surface area contributed by atoms with Crippen molar-refractivity contribution in [1.82, 2.24) is 25.3 Å². The molecule has 204 valence electrons. The molecular formula is C28H38N6O4. The molecule has 0 amide bonds. The second-order valence-corrected chi connectivity index (χ2v) is 10.3. The monoisotopic (exact) mass is 522 g/mol. The lowest BCUT2D eigenvalue weighted by atomic mass is 10.0. The average molecular weight is 523 g/mol. The Labute approximate surface area is 223 Å². The molecule has 0 aliphatic carbocycles. The summed E-state index contributed by atoms with van der Waals surface area (Å²) in [5.74, 6) is 2.79. The number of aliphatic hydroxyl groups excluding tert-OH is 1. The Morgan fingerprint density at radius 2 is 2.05 bits per heavy atom. The van der Waals surface area contributed by atoms with Crippen molar-refractivity contribution < 1.29 is 19.1 Å². The van der Waals surface area contributed by atoms with Crippen molar-refractivity contribution in [3.05, 3.63) is 41.3 Å². The third-order valence-electron chi connectivity index (χ3n) is 7.32. The van der Waals surface area contributed by atoms with Gasteiger partial charge in [0, 0.05) is 30.3 Å². The number of piperidine rings is 1. The molecule has 2 unspecified atom stereocenters. The fraction of sp³-hybridized carbons (Fsp3) is 0.536.